The summed E-state index contributed by atoms with van der Waals surface area (Å²) in [7, 11) is 1.63. The molecule has 2 fully saturated rings. The molecule has 3 aromatic rings. The first-order valence-electron chi connectivity index (χ1n) is 10.3. The number of methoxy groups -OCH3 is 1. The second-order valence-electron chi connectivity index (χ2n) is 7.77. The number of hydrogen-bond acceptors (Lipinski definition) is 6. The van der Waals surface area contributed by atoms with Crippen molar-refractivity contribution in [1.82, 2.24) is 25.3 Å². The Labute approximate surface area is 174 Å². The maximum absolute atomic E-state index is 12.9. The van der Waals surface area contributed by atoms with Crippen LogP contribution in [0.5, 0.6) is 5.75 Å². The molecule has 2 aromatic heterocycles. The second-order valence-corrected chi connectivity index (χ2v) is 7.77. The fourth-order valence-corrected chi connectivity index (χ4v) is 3.77. The average Bonchev–Trinajstić information content (AvgIpc) is 3.55. The van der Waals surface area contributed by atoms with E-state index in [-0.39, 0.29) is 5.91 Å². The first kappa shape index (κ1) is 18.6. The summed E-state index contributed by atoms with van der Waals surface area (Å²) in [6.45, 7) is 2.75. The normalized spacial score (nSPS) is 16.6. The Morgan fingerprint density at radius 2 is 1.90 bits per heavy atom. The van der Waals surface area contributed by atoms with E-state index in [2.05, 4.69) is 31.4 Å². The van der Waals surface area contributed by atoms with Crippen molar-refractivity contribution >= 4 is 11.7 Å². The zero-order valence-corrected chi connectivity index (χ0v) is 16.9. The lowest BCUT2D eigenvalue weighted by molar-refractivity contribution is 0.0740. The van der Waals surface area contributed by atoms with Gasteiger partial charge in [0, 0.05) is 37.7 Å². The standard InChI is InChI=1S/C22H24N6O2/c1-30-17-4-2-3-16(13-17)19-14-20(25-24-19)22(29)28-11-9-27(10-12-28)21-8-7-18(23-26-21)15-5-6-15/h2-4,7-8,13-15H,5-6,9-12H2,1H3,(H,24,25). The predicted molar refractivity (Wildman–Crippen MR) is 113 cm³/mol. The highest BCUT2D eigenvalue weighted by Gasteiger charge is 2.27. The molecule has 0 unspecified atom stereocenters. The van der Waals surface area contributed by atoms with Gasteiger partial charge in [0.25, 0.3) is 5.91 Å². The molecule has 8 heteroatoms. The minimum atomic E-state index is -0.0357. The lowest BCUT2D eigenvalue weighted by atomic mass is 10.1. The van der Waals surface area contributed by atoms with Gasteiger partial charge in [-0.25, -0.2) is 0 Å². The number of nitrogens with one attached hydrogen (secondary N) is 1. The Morgan fingerprint density at radius 3 is 2.60 bits per heavy atom. The number of carbonyl (C=O) groups is 1. The van der Waals surface area contributed by atoms with Crippen LogP contribution in [-0.4, -0.2) is 64.5 Å². The number of amides is 1. The summed E-state index contributed by atoms with van der Waals surface area (Å²) in [4.78, 5) is 17.0. The number of ether oxygens (including phenoxy) is 1. The van der Waals surface area contributed by atoms with Gasteiger partial charge in [-0.15, -0.1) is 5.10 Å². The minimum absolute atomic E-state index is 0.0357. The highest BCUT2D eigenvalue weighted by molar-refractivity contribution is 5.93. The first-order valence-corrected chi connectivity index (χ1v) is 10.3. The molecule has 0 bridgehead atoms. The first-order chi connectivity index (χ1) is 14.7. The average molecular weight is 404 g/mol. The zero-order chi connectivity index (χ0) is 20.5. The summed E-state index contributed by atoms with van der Waals surface area (Å²) >= 11 is 0. The highest BCUT2D eigenvalue weighted by Crippen LogP contribution is 2.38. The van der Waals surface area contributed by atoms with Crippen molar-refractivity contribution in [3.63, 3.8) is 0 Å². The van der Waals surface area contributed by atoms with Crippen molar-refractivity contribution in [2.45, 2.75) is 18.8 Å². The van der Waals surface area contributed by atoms with Gasteiger partial charge in [-0.1, -0.05) is 12.1 Å². The molecule has 1 saturated carbocycles. The van der Waals surface area contributed by atoms with Crippen LogP contribution in [0.2, 0.25) is 0 Å². The number of benzene rings is 1. The van der Waals surface area contributed by atoms with Crippen molar-refractivity contribution in [2.24, 2.45) is 0 Å². The van der Waals surface area contributed by atoms with Gasteiger partial charge in [-0.05, 0) is 43.2 Å². The summed E-state index contributed by atoms with van der Waals surface area (Å²) in [5, 5.41) is 16.0. The minimum Gasteiger partial charge on any atom is -0.497 e. The number of hydrogen-bond donors (Lipinski definition) is 1. The monoisotopic (exact) mass is 404 g/mol. The fourth-order valence-electron chi connectivity index (χ4n) is 3.77. The molecule has 1 amide bonds. The summed E-state index contributed by atoms with van der Waals surface area (Å²) in [5.41, 5.74) is 3.22. The van der Waals surface area contributed by atoms with E-state index in [9.17, 15) is 4.79 Å². The Kier molecular flexibility index (Phi) is 4.82. The Bertz CT molecular complexity index is 1040. The molecule has 0 atom stereocenters. The number of aromatic nitrogens is 4. The van der Waals surface area contributed by atoms with Crippen LogP contribution in [0.25, 0.3) is 11.3 Å². The topological polar surface area (TPSA) is 87.2 Å². The van der Waals surface area contributed by atoms with Gasteiger partial charge < -0.3 is 14.5 Å². The molecule has 8 nitrogen and oxygen atoms in total. The molecule has 1 aliphatic heterocycles. The molecular weight excluding hydrogens is 380 g/mol. The summed E-state index contributed by atoms with van der Waals surface area (Å²) < 4.78 is 5.27. The molecule has 1 aromatic carbocycles. The molecule has 1 saturated heterocycles. The highest BCUT2D eigenvalue weighted by atomic mass is 16.5. The molecule has 3 heterocycles. The Hall–Kier alpha value is -3.42. The number of carbonyl (C=O) groups excluding carboxylic acids is 1. The zero-order valence-electron chi connectivity index (χ0n) is 16.9. The van der Waals surface area contributed by atoms with E-state index in [1.807, 2.05) is 35.2 Å². The number of nitrogens with zero attached hydrogens (tertiary/aromatic N) is 5. The maximum atomic E-state index is 12.9. The van der Waals surface area contributed by atoms with Gasteiger partial charge >= 0.3 is 0 Å². The van der Waals surface area contributed by atoms with Crippen LogP contribution in [0.1, 0.15) is 34.9 Å². The molecule has 154 valence electrons. The number of aromatic amines is 1. The second kappa shape index (κ2) is 7.78. The van der Waals surface area contributed by atoms with Crippen molar-refractivity contribution in [2.75, 3.05) is 38.2 Å². The van der Waals surface area contributed by atoms with Crippen molar-refractivity contribution < 1.29 is 9.53 Å². The molecule has 0 radical (unpaired) electrons. The summed E-state index contributed by atoms with van der Waals surface area (Å²) in [6.07, 6.45) is 2.45. The summed E-state index contributed by atoms with van der Waals surface area (Å²) in [6, 6.07) is 13.6. The summed E-state index contributed by atoms with van der Waals surface area (Å²) in [5.74, 6) is 2.21. The van der Waals surface area contributed by atoms with E-state index in [4.69, 9.17) is 4.74 Å². The van der Waals surface area contributed by atoms with Crippen molar-refractivity contribution in [3.8, 4) is 17.0 Å². The molecule has 1 aliphatic carbocycles. The third kappa shape index (κ3) is 3.72. The lowest BCUT2D eigenvalue weighted by Crippen LogP contribution is -2.49. The Morgan fingerprint density at radius 1 is 1.07 bits per heavy atom. The number of rotatable bonds is 5. The van der Waals surface area contributed by atoms with Crippen molar-refractivity contribution in [1.29, 1.82) is 0 Å². The van der Waals surface area contributed by atoms with Gasteiger partial charge in [0.2, 0.25) is 0 Å². The van der Waals surface area contributed by atoms with Crippen molar-refractivity contribution in [3.05, 3.63) is 53.9 Å². The van der Waals surface area contributed by atoms with E-state index in [0.717, 1.165) is 41.6 Å². The van der Waals surface area contributed by atoms with Gasteiger partial charge in [0.15, 0.2) is 5.82 Å². The van der Waals surface area contributed by atoms with Crippen LogP contribution in [0.15, 0.2) is 42.5 Å². The predicted octanol–water partition coefficient (Wildman–Crippen LogP) is 2.72. The van der Waals surface area contributed by atoms with Crippen LogP contribution in [0.4, 0.5) is 5.82 Å². The Balaban J connectivity index is 1.22. The lowest BCUT2D eigenvalue weighted by Gasteiger charge is -2.34. The van der Waals surface area contributed by atoms with E-state index in [0.29, 0.717) is 24.7 Å². The van der Waals surface area contributed by atoms with Crippen LogP contribution in [0, 0.1) is 0 Å². The number of anilines is 1. The van der Waals surface area contributed by atoms with E-state index in [1.54, 1.807) is 13.2 Å². The third-order valence-corrected chi connectivity index (χ3v) is 5.73. The van der Waals surface area contributed by atoms with Gasteiger partial charge in [-0.2, -0.15) is 10.2 Å². The van der Waals surface area contributed by atoms with Gasteiger partial charge in [-0.3, -0.25) is 9.89 Å². The SMILES string of the molecule is COc1cccc(-c2cc(C(=O)N3CCN(c4ccc(C5CC5)nn4)CC3)[nH]n2)c1. The third-order valence-electron chi connectivity index (χ3n) is 5.73. The number of piperazine rings is 1. The van der Waals surface area contributed by atoms with Gasteiger partial charge in [0.05, 0.1) is 18.5 Å². The van der Waals surface area contributed by atoms with Gasteiger partial charge in [0.1, 0.15) is 11.4 Å². The van der Waals surface area contributed by atoms with E-state index in [1.165, 1.54) is 12.8 Å². The molecular formula is C22H24N6O2. The van der Waals surface area contributed by atoms with E-state index < -0.39 is 0 Å². The van der Waals surface area contributed by atoms with E-state index >= 15 is 0 Å². The molecule has 5 rings (SSSR count). The molecule has 1 N–H and O–H groups in total. The van der Waals surface area contributed by atoms with Crippen LogP contribution in [0.3, 0.4) is 0 Å². The fraction of sp³-hybridized carbons (Fsp3) is 0.364. The maximum Gasteiger partial charge on any atom is 0.272 e. The van der Waals surface area contributed by atoms with Crippen LogP contribution < -0.4 is 9.64 Å². The quantitative estimate of drug-likeness (QED) is 0.704. The van der Waals surface area contributed by atoms with Crippen LogP contribution >= 0.6 is 0 Å². The molecule has 30 heavy (non-hydrogen) atoms. The largest absolute Gasteiger partial charge is 0.497 e. The smallest absolute Gasteiger partial charge is 0.272 e. The molecule has 0 spiro atoms. The molecule has 2 aliphatic rings. The van der Waals surface area contributed by atoms with Crippen LogP contribution in [-0.2, 0) is 0 Å². The number of H-pyrrole nitrogens is 1.